The summed E-state index contributed by atoms with van der Waals surface area (Å²) in [7, 11) is 0. The quantitative estimate of drug-likeness (QED) is 0.504. The van der Waals surface area contributed by atoms with Crippen LogP contribution in [0.25, 0.3) is 11.4 Å². The molecule has 0 spiro atoms. The van der Waals surface area contributed by atoms with E-state index in [1.165, 1.54) is 11.1 Å². The summed E-state index contributed by atoms with van der Waals surface area (Å²) in [4.78, 5) is 1.60. The van der Waals surface area contributed by atoms with Crippen LogP contribution >= 0.6 is 15.9 Å². The van der Waals surface area contributed by atoms with Gasteiger partial charge in [-0.25, -0.2) is 0 Å². The molecule has 0 aliphatic rings. The fourth-order valence-corrected chi connectivity index (χ4v) is 3.28. The van der Waals surface area contributed by atoms with Crippen LogP contribution in [-0.2, 0) is 13.1 Å². The molecule has 0 radical (unpaired) electrons. The lowest BCUT2D eigenvalue weighted by Gasteiger charge is -2.03. The molecule has 4 aromatic rings. The van der Waals surface area contributed by atoms with Gasteiger partial charge in [-0.3, -0.25) is 4.68 Å². The molecule has 0 unspecified atom stereocenters. The second-order valence-electron chi connectivity index (χ2n) is 6.12. The SMILES string of the molecule is Cc1cccc(Cn2nnc(-c3cnn(Cc4ccccc4)c3Br)n2)c1. The van der Waals surface area contributed by atoms with Crippen LogP contribution < -0.4 is 0 Å². The summed E-state index contributed by atoms with van der Waals surface area (Å²) < 4.78 is 2.72. The fourth-order valence-electron chi connectivity index (χ4n) is 2.78. The molecule has 0 bridgehead atoms. The van der Waals surface area contributed by atoms with Crippen molar-refractivity contribution in [3.63, 3.8) is 0 Å². The van der Waals surface area contributed by atoms with Gasteiger partial charge in [0.05, 0.1) is 24.8 Å². The number of aryl methyl sites for hydroxylation is 1. The normalized spacial score (nSPS) is 11.0. The number of tetrazole rings is 1. The molecule has 2 aromatic carbocycles. The predicted octanol–water partition coefficient (Wildman–Crippen LogP) is 3.70. The number of aromatic nitrogens is 6. The Morgan fingerprint density at radius 3 is 2.58 bits per heavy atom. The summed E-state index contributed by atoms with van der Waals surface area (Å²) in [5.41, 5.74) is 4.37. The Morgan fingerprint density at radius 2 is 1.77 bits per heavy atom. The Kier molecular flexibility index (Phi) is 4.62. The number of halogens is 1. The zero-order valence-electron chi connectivity index (χ0n) is 14.2. The highest BCUT2D eigenvalue weighted by Gasteiger charge is 2.15. The third-order valence-corrected chi connectivity index (χ3v) is 4.89. The highest BCUT2D eigenvalue weighted by Crippen LogP contribution is 2.25. The summed E-state index contributed by atoms with van der Waals surface area (Å²) in [6.45, 7) is 3.34. The van der Waals surface area contributed by atoms with Gasteiger partial charge in [0.2, 0.25) is 5.82 Å². The molecular formula is C19H17BrN6. The Balaban J connectivity index is 1.54. The van der Waals surface area contributed by atoms with E-state index in [1.54, 1.807) is 11.0 Å². The van der Waals surface area contributed by atoms with E-state index in [1.807, 2.05) is 28.9 Å². The van der Waals surface area contributed by atoms with Crippen LogP contribution in [0.2, 0.25) is 0 Å². The van der Waals surface area contributed by atoms with Gasteiger partial charge in [-0.1, -0.05) is 60.2 Å². The third kappa shape index (κ3) is 3.57. The van der Waals surface area contributed by atoms with Crippen molar-refractivity contribution in [1.82, 2.24) is 30.0 Å². The second-order valence-corrected chi connectivity index (χ2v) is 6.88. The van der Waals surface area contributed by atoms with Gasteiger partial charge in [-0.05, 0) is 39.2 Å². The maximum absolute atomic E-state index is 4.50. The van der Waals surface area contributed by atoms with Crippen molar-refractivity contribution < 1.29 is 0 Å². The zero-order chi connectivity index (χ0) is 17.9. The maximum atomic E-state index is 4.50. The fraction of sp³-hybridized carbons (Fsp3) is 0.158. The van der Waals surface area contributed by atoms with Crippen LogP contribution in [0.5, 0.6) is 0 Å². The third-order valence-electron chi connectivity index (χ3n) is 4.05. The number of rotatable bonds is 5. The van der Waals surface area contributed by atoms with Crippen LogP contribution in [0.3, 0.4) is 0 Å². The molecule has 0 atom stereocenters. The molecule has 130 valence electrons. The van der Waals surface area contributed by atoms with E-state index in [0.29, 0.717) is 18.9 Å². The van der Waals surface area contributed by atoms with Crippen molar-refractivity contribution in [2.75, 3.05) is 0 Å². The monoisotopic (exact) mass is 408 g/mol. The van der Waals surface area contributed by atoms with E-state index >= 15 is 0 Å². The summed E-state index contributed by atoms with van der Waals surface area (Å²) in [6.07, 6.45) is 1.76. The molecule has 0 fully saturated rings. The van der Waals surface area contributed by atoms with Gasteiger partial charge in [0.15, 0.2) is 0 Å². The zero-order valence-corrected chi connectivity index (χ0v) is 15.8. The molecule has 0 saturated heterocycles. The first-order valence-electron chi connectivity index (χ1n) is 8.28. The van der Waals surface area contributed by atoms with Crippen molar-refractivity contribution in [1.29, 1.82) is 0 Å². The van der Waals surface area contributed by atoms with Crippen LogP contribution in [0.4, 0.5) is 0 Å². The van der Waals surface area contributed by atoms with E-state index in [2.05, 4.69) is 73.7 Å². The Morgan fingerprint density at radius 1 is 0.962 bits per heavy atom. The van der Waals surface area contributed by atoms with Gasteiger partial charge in [0.1, 0.15) is 4.60 Å². The number of hydrogen-bond acceptors (Lipinski definition) is 4. The average molecular weight is 409 g/mol. The summed E-state index contributed by atoms with van der Waals surface area (Å²) in [5, 5.41) is 17.3. The largest absolute Gasteiger partial charge is 0.253 e. The summed E-state index contributed by atoms with van der Waals surface area (Å²) in [6, 6.07) is 18.5. The Labute approximate surface area is 159 Å². The molecule has 2 heterocycles. The van der Waals surface area contributed by atoms with Crippen molar-refractivity contribution in [3.05, 3.63) is 82.1 Å². The van der Waals surface area contributed by atoms with Crippen LogP contribution in [0, 0.1) is 6.92 Å². The molecule has 0 saturated carbocycles. The van der Waals surface area contributed by atoms with Gasteiger partial charge >= 0.3 is 0 Å². The topological polar surface area (TPSA) is 61.4 Å². The van der Waals surface area contributed by atoms with Gasteiger partial charge in [0, 0.05) is 0 Å². The molecule has 4 rings (SSSR count). The minimum absolute atomic E-state index is 0.559. The Bertz CT molecular complexity index is 1020. The second kappa shape index (κ2) is 7.21. The van der Waals surface area contributed by atoms with Gasteiger partial charge in [0.25, 0.3) is 0 Å². The van der Waals surface area contributed by atoms with Crippen molar-refractivity contribution in [2.45, 2.75) is 20.0 Å². The standard InChI is InChI=1S/C19H17BrN6/c1-14-6-5-9-16(10-14)13-26-23-19(22-24-26)17-11-21-25(18(17)20)12-15-7-3-2-4-8-15/h2-11H,12-13H2,1H3. The average Bonchev–Trinajstić information content (AvgIpc) is 3.23. The first kappa shape index (κ1) is 16.7. The minimum Gasteiger partial charge on any atom is -0.253 e. The number of benzene rings is 2. The molecule has 7 heteroatoms. The smallest absolute Gasteiger partial charge is 0.209 e. The van der Waals surface area contributed by atoms with Crippen LogP contribution in [0.1, 0.15) is 16.7 Å². The number of hydrogen-bond donors (Lipinski definition) is 0. The van der Waals surface area contributed by atoms with Crippen molar-refractivity contribution in [2.24, 2.45) is 0 Å². The predicted molar refractivity (Wildman–Crippen MR) is 103 cm³/mol. The highest BCUT2D eigenvalue weighted by molar-refractivity contribution is 9.10. The lowest BCUT2D eigenvalue weighted by Crippen LogP contribution is -2.04. The van der Waals surface area contributed by atoms with E-state index in [0.717, 1.165) is 15.7 Å². The highest BCUT2D eigenvalue weighted by atomic mass is 79.9. The van der Waals surface area contributed by atoms with E-state index < -0.39 is 0 Å². The van der Waals surface area contributed by atoms with Crippen molar-refractivity contribution >= 4 is 15.9 Å². The minimum atomic E-state index is 0.559. The summed E-state index contributed by atoms with van der Waals surface area (Å²) >= 11 is 3.61. The lowest BCUT2D eigenvalue weighted by atomic mass is 10.1. The molecule has 0 aliphatic heterocycles. The van der Waals surface area contributed by atoms with Gasteiger partial charge < -0.3 is 0 Å². The van der Waals surface area contributed by atoms with Gasteiger partial charge in [-0.15, -0.1) is 10.2 Å². The first-order valence-corrected chi connectivity index (χ1v) is 9.07. The maximum Gasteiger partial charge on any atom is 0.209 e. The van der Waals surface area contributed by atoms with E-state index in [-0.39, 0.29) is 0 Å². The molecular weight excluding hydrogens is 392 g/mol. The van der Waals surface area contributed by atoms with Crippen LogP contribution in [-0.4, -0.2) is 30.0 Å². The first-order chi connectivity index (χ1) is 12.7. The molecule has 0 N–H and O–H groups in total. The molecule has 6 nitrogen and oxygen atoms in total. The number of nitrogens with zero attached hydrogens (tertiary/aromatic N) is 6. The molecule has 26 heavy (non-hydrogen) atoms. The summed E-state index contributed by atoms with van der Waals surface area (Å²) in [5.74, 6) is 0.559. The van der Waals surface area contributed by atoms with Crippen LogP contribution in [0.15, 0.2) is 65.4 Å². The Hall–Kier alpha value is -2.80. The lowest BCUT2D eigenvalue weighted by molar-refractivity contribution is 0.572. The van der Waals surface area contributed by atoms with E-state index in [4.69, 9.17) is 0 Å². The van der Waals surface area contributed by atoms with Crippen molar-refractivity contribution in [3.8, 4) is 11.4 Å². The van der Waals surface area contributed by atoms with E-state index in [9.17, 15) is 0 Å². The molecule has 2 aromatic heterocycles. The van der Waals surface area contributed by atoms with Gasteiger partial charge in [-0.2, -0.15) is 9.90 Å². The molecule has 0 amide bonds. The molecule has 0 aliphatic carbocycles.